The van der Waals surface area contributed by atoms with E-state index in [0.717, 1.165) is 7.11 Å². The third-order valence-electron chi connectivity index (χ3n) is 4.74. The van der Waals surface area contributed by atoms with Crippen LogP contribution in [0.4, 0.5) is 5.82 Å². The molecule has 0 aromatic carbocycles. The highest BCUT2D eigenvalue weighted by Gasteiger charge is 2.50. The molecular formula is C17H29N6O9P. The van der Waals surface area contributed by atoms with Crippen molar-refractivity contribution in [2.75, 3.05) is 59.7 Å². The first-order chi connectivity index (χ1) is 15.9. The first-order valence-corrected chi connectivity index (χ1v) is 11.5. The van der Waals surface area contributed by atoms with Gasteiger partial charge in [-0.15, -0.1) is 0 Å². The zero-order chi connectivity index (χ0) is 23.8. The average Bonchev–Trinajstić information content (AvgIpc) is 3.36. The first-order valence-electron chi connectivity index (χ1n) is 10.0. The van der Waals surface area contributed by atoms with Crippen LogP contribution in [-0.2, 0) is 37.3 Å². The smallest absolute Gasteiger partial charge is 0.382 e. The van der Waals surface area contributed by atoms with E-state index >= 15 is 0 Å². The molecule has 5 N–H and O–H groups in total. The molecule has 0 bridgehead atoms. The molecule has 2 unspecified atom stereocenters. The van der Waals surface area contributed by atoms with E-state index in [1.165, 1.54) is 19.8 Å². The Hall–Kier alpha value is -1.78. The molecule has 3 rings (SSSR count). The van der Waals surface area contributed by atoms with Gasteiger partial charge in [-0.25, -0.2) is 19.5 Å². The molecule has 2 aromatic rings. The van der Waals surface area contributed by atoms with E-state index in [0.29, 0.717) is 30.9 Å². The summed E-state index contributed by atoms with van der Waals surface area (Å²) in [7, 11) is -1.88. The summed E-state index contributed by atoms with van der Waals surface area (Å²) < 4.78 is 51.6. The molecule has 3 heterocycles. The fourth-order valence-corrected chi connectivity index (χ4v) is 3.93. The molecule has 0 saturated carbocycles. The number of hydrogen-bond donors (Lipinski definition) is 3. The monoisotopic (exact) mass is 492 g/mol. The summed E-state index contributed by atoms with van der Waals surface area (Å²) in [4.78, 5) is 22.3. The molecule has 5 atom stereocenters. The molecule has 1 aliphatic heterocycles. The van der Waals surface area contributed by atoms with Gasteiger partial charge >= 0.3 is 7.82 Å². The number of anilines is 1. The number of imidazole rings is 1. The van der Waals surface area contributed by atoms with Gasteiger partial charge in [0.1, 0.15) is 36.9 Å². The van der Waals surface area contributed by atoms with E-state index in [1.54, 1.807) is 4.57 Å². The SMILES string of the molecule is COC[C@H]1O[C@@H](n2cnc3c(N)ncnc32)[C@@H](OCOCCOCCN)C1OP(=O)(O)OC. The van der Waals surface area contributed by atoms with E-state index in [9.17, 15) is 9.46 Å². The predicted octanol–water partition coefficient (Wildman–Crippen LogP) is -0.581. The van der Waals surface area contributed by atoms with Crippen LogP contribution in [0.5, 0.6) is 0 Å². The van der Waals surface area contributed by atoms with E-state index in [2.05, 4.69) is 19.5 Å². The van der Waals surface area contributed by atoms with Crippen LogP contribution in [0.25, 0.3) is 11.2 Å². The van der Waals surface area contributed by atoms with Crippen LogP contribution in [0.3, 0.4) is 0 Å². The Labute approximate surface area is 189 Å². The molecule has 0 spiro atoms. The number of nitrogens with zero attached hydrogens (tertiary/aromatic N) is 4. The zero-order valence-electron chi connectivity index (χ0n) is 18.3. The summed E-state index contributed by atoms with van der Waals surface area (Å²) in [5.41, 5.74) is 12.0. The highest BCUT2D eigenvalue weighted by atomic mass is 31.2. The number of nitrogens with two attached hydrogens (primary N) is 2. The third kappa shape index (κ3) is 6.42. The van der Waals surface area contributed by atoms with Gasteiger partial charge in [-0.1, -0.05) is 0 Å². The lowest BCUT2D eigenvalue weighted by Gasteiger charge is -2.25. The molecule has 186 valence electrons. The Bertz CT molecular complexity index is 934. The molecule has 1 saturated heterocycles. The quantitative estimate of drug-likeness (QED) is 0.172. The largest absolute Gasteiger partial charge is 0.472 e. The predicted molar refractivity (Wildman–Crippen MR) is 113 cm³/mol. The van der Waals surface area contributed by atoms with Crippen molar-refractivity contribution in [2.24, 2.45) is 5.73 Å². The lowest BCUT2D eigenvalue weighted by Crippen LogP contribution is -2.38. The van der Waals surface area contributed by atoms with Gasteiger partial charge in [0, 0.05) is 20.8 Å². The van der Waals surface area contributed by atoms with Crippen molar-refractivity contribution in [1.82, 2.24) is 19.5 Å². The highest BCUT2D eigenvalue weighted by molar-refractivity contribution is 7.47. The second-order valence-corrected chi connectivity index (χ2v) is 8.40. The van der Waals surface area contributed by atoms with E-state index in [4.69, 9.17) is 39.7 Å². The standard InChI is InChI=1S/C17H29N6O9P/c1-26-7-11-13(32-33(24,25)27-2)14(30-10-29-6-5-28-4-3-18)17(31-11)23-9-22-12-15(19)20-8-21-16(12)23/h8-9,11,13-14,17H,3-7,10,18H2,1-2H3,(H,24,25)(H2,19,20,21)/t11-,13?,14+,17-/m1/s1. The number of phosphoric ester groups is 1. The van der Waals surface area contributed by atoms with Crippen molar-refractivity contribution >= 4 is 24.8 Å². The lowest BCUT2D eigenvalue weighted by molar-refractivity contribution is -0.142. The fourth-order valence-electron chi connectivity index (χ4n) is 3.28. The molecule has 1 aliphatic rings. The van der Waals surface area contributed by atoms with E-state index < -0.39 is 32.4 Å². The maximum Gasteiger partial charge on any atom is 0.472 e. The van der Waals surface area contributed by atoms with E-state index in [-0.39, 0.29) is 25.8 Å². The molecule has 1 fully saturated rings. The van der Waals surface area contributed by atoms with Crippen LogP contribution < -0.4 is 11.5 Å². The van der Waals surface area contributed by atoms with Crippen LogP contribution >= 0.6 is 7.82 Å². The van der Waals surface area contributed by atoms with Gasteiger partial charge in [0.15, 0.2) is 17.7 Å². The van der Waals surface area contributed by atoms with Crippen molar-refractivity contribution in [3.05, 3.63) is 12.7 Å². The lowest BCUT2D eigenvalue weighted by atomic mass is 10.1. The van der Waals surface area contributed by atoms with Crippen molar-refractivity contribution in [3.63, 3.8) is 0 Å². The molecule has 33 heavy (non-hydrogen) atoms. The maximum absolute atomic E-state index is 12.2. The summed E-state index contributed by atoms with van der Waals surface area (Å²) in [6.07, 6.45) is -0.898. The Balaban J connectivity index is 1.83. The second kappa shape index (κ2) is 12.1. The highest BCUT2D eigenvalue weighted by Crippen LogP contribution is 2.48. The summed E-state index contributed by atoms with van der Waals surface area (Å²) >= 11 is 0. The Kier molecular flexibility index (Phi) is 9.46. The van der Waals surface area contributed by atoms with Crippen molar-refractivity contribution in [3.8, 4) is 0 Å². The Morgan fingerprint density at radius 1 is 1.18 bits per heavy atom. The number of aromatic nitrogens is 4. The van der Waals surface area contributed by atoms with Crippen molar-refractivity contribution < 1.29 is 42.2 Å². The fraction of sp³-hybridized carbons (Fsp3) is 0.706. The van der Waals surface area contributed by atoms with Crippen LogP contribution in [-0.4, -0.2) is 96.7 Å². The average molecular weight is 492 g/mol. The number of rotatable bonds is 14. The molecule has 0 aliphatic carbocycles. The summed E-state index contributed by atoms with van der Waals surface area (Å²) in [5.74, 6) is 0.190. The topological polar surface area (TPSA) is 198 Å². The second-order valence-electron chi connectivity index (χ2n) is 6.88. The van der Waals surface area contributed by atoms with Crippen molar-refractivity contribution in [1.29, 1.82) is 0 Å². The Morgan fingerprint density at radius 3 is 2.70 bits per heavy atom. The van der Waals surface area contributed by atoms with Crippen LogP contribution in [0.1, 0.15) is 6.23 Å². The van der Waals surface area contributed by atoms with E-state index in [1.807, 2.05) is 0 Å². The molecule has 2 aromatic heterocycles. The van der Waals surface area contributed by atoms with Crippen LogP contribution in [0, 0.1) is 0 Å². The normalized spacial score (nSPS) is 25.0. The zero-order valence-corrected chi connectivity index (χ0v) is 19.2. The van der Waals surface area contributed by atoms with Gasteiger partial charge in [-0.2, -0.15) is 0 Å². The molecule has 16 heteroatoms. The van der Waals surface area contributed by atoms with Gasteiger partial charge in [-0.05, 0) is 0 Å². The minimum Gasteiger partial charge on any atom is -0.382 e. The molecule has 15 nitrogen and oxygen atoms in total. The summed E-state index contributed by atoms with van der Waals surface area (Å²) in [6.45, 7) is 1.27. The van der Waals surface area contributed by atoms with Gasteiger partial charge in [0.2, 0.25) is 0 Å². The number of ether oxygens (including phenoxy) is 5. The van der Waals surface area contributed by atoms with Gasteiger partial charge in [-0.3, -0.25) is 13.6 Å². The maximum atomic E-state index is 12.2. The number of fused-ring (bicyclic) bond motifs is 1. The van der Waals surface area contributed by atoms with Gasteiger partial charge in [0.25, 0.3) is 0 Å². The van der Waals surface area contributed by atoms with Gasteiger partial charge < -0.3 is 40.0 Å². The van der Waals surface area contributed by atoms with Crippen LogP contribution in [0.15, 0.2) is 12.7 Å². The minimum atomic E-state index is -4.40. The number of nitrogen functional groups attached to an aromatic ring is 1. The summed E-state index contributed by atoms with van der Waals surface area (Å²) in [5, 5.41) is 0. The molecule has 0 amide bonds. The number of phosphoric acid groups is 1. The van der Waals surface area contributed by atoms with Gasteiger partial charge in [0.05, 0.1) is 32.8 Å². The minimum absolute atomic E-state index is 0.0439. The Morgan fingerprint density at radius 2 is 1.97 bits per heavy atom. The van der Waals surface area contributed by atoms with Crippen LogP contribution in [0.2, 0.25) is 0 Å². The molecular weight excluding hydrogens is 463 g/mol. The number of methoxy groups -OCH3 is 1. The third-order valence-corrected chi connectivity index (χ3v) is 5.71. The summed E-state index contributed by atoms with van der Waals surface area (Å²) in [6, 6.07) is 0. The number of hydrogen-bond acceptors (Lipinski definition) is 13. The first kappa shape index (κ1) is 25.8. The van der Waals surface area contributed by atoms with Crippen molar-refractivity contribution in [2.45, 2.75) is 24.5 Å². The molecule has 0 radical (unpaired) electrons.